The average Bonchev–Trinajstić information content (AvgIpc) is 2.11. The molecule has 9 heteroatoms. The van der Waals surface area contributed by atoms with Crippen molar-refractivity contribution >= 4 is 15.6 Å². The van der Waals surface area contributed by atoms with E-state index in [9.17, 15) is 14.0 Å². The number of hydrogen-bond acceptors (Lipinski definition) is 4. The summed E-state index contributed by atoms with van der Waals surface area (Å²) in [5.41, 5.74) is 0.238. The van der Waals surface area contributed by atoms with E-state index >= 15 is 0 Å². The van der Waals surface area contributed by atoms with E-state index in [4.69, 9.17) is 14.3 Å². The van der Waals surface area contributed by atoms with Crippen molar-refractivity contribution in [2.45, 2.75) is 45.6 Å². The maximum atomic E-state index is 11.6. The average molecular weight is 314 g/mol. The zero-order chi connectivity index (χ0) is 14.9. The molecule has 0 saturated carbocycles. The van der Waals surface area contributed by atoms with Crippen LogP contribution in [0.15, 0.2) is 11.6 Å². The molecule has 0 saturated heterocycles. The lowest BCUT2D eigenvalue weighted by Crippen LogP contribution is -2.34. The molecule has 1 aliphatic rings. The molecule has 2 unspecified atom stereocenters. The molecule has 0 bridgehead atoms. The lowest BCUT2D eigenvalue weighted by atomic mass is 9.80. The molecule has 0 aromatic rings. The largest absolute Gasteiger partial charge is 0.481 e. The van der Waals surface area contributed by atoms with Crippen molar-refractivity contribution < 1.29 is 32.6 Å². The summed E-state index contributed by atoms with van der Waals surface area (Å²) in [7, 11) is -9.87. The van der Waals surface area contributed by atoms with Gasteiger partial charge in [-0.3, -0.25) is 4.52 Å². The lowest BCUT2D eigenvalue weighted by Gasteiger charge is -2.36. The summed E-state index contributed by atoms with van der Waals surface area (Å²) in [6.07, 6.45) is 4.37. The first kappa shape index (κ1) is 17.1. The van der Waals surface area contributed by atoms with Crippen molar-refractivity contribution in [1.29, 1.82) is 0 Å². The van der Waals surface area contributed by atoms with Crippen LogP contribution in [0.4, 0.5) is 0 Å². The molecule has 0 heterocycles. The van der Waals surface area contributed by atoms with Crippen LogP contribution in [0.5, 0.6) is 0 Å². The van der Waals surface area contributed by atoms with Crippen molar-refractivity contribution in [3.63, 3.8) is 0 Å². The molecule has 3 N–H and O–H groups in total. The summed E-state index contributed by atoms with van der Waals surface area (Å²) >= 11 is 0. The molecule has 0 aliphatic heterocycles. The third-order valence-electron chi connectivity index (χ3n) is 3.18. The van der Waals surface area contributed by atoms with E-state index in [2.05, 4.69) is 4.31 Å². The van der Waals surface area contributed by atoms with Gasteiger partial charge in [-0.2, -0.15) is 4.31 Å². The Balaban J connectivity index is 2.74. The van der Waals surface area contributed by atoms with Crippen LogP contribution in [-0.2, 0) is 18.0 Å². The van der Waals surface area contributed by atoms with E-state index < -0.39 is 21.2 Å². The highest BCUT2D eigenvalue weighted by Crippen LogP contribution is 2.60. The van der Waals surface area contributed by atoms with Crippen molar-refractivity contribution in [1.82, 2.24) is 0 Å². The molecule has 1 rings (SSSR count). The maximum Gasteiger partial charge on any atom is 0.481 e. The van der Waals surface area contributed by atoms with E-state index in [-0.39, 0.29) is 5.92 Å². The number of allylic oxidation sites excluding steroid dienone is 2. The van der Waals surface area contributed by atoms with Crippen LogP contribution in [-0.4, -0.2) is 20.3 Å². The Hall–Kier alpha value is -0.0000000000000000416. The highest BCUT2D eigenvalue weighted by atomic mass is 31.3. The maximum absolute atomic E-state index is 11.6. The molecular weight excluding hydrogens is 294 g/mol. The summed E-state index contributed by atoms with van der Waals surface area (Å²) in [5, 5.41) is 0. The molecule has 7 nitrogen and oxygen atoms in total. The van der Waals surface area contributed by atoms with Gasteiger partial charge in [-0.15, -0.1) is 0 Å². The molecule has 19 heavy (non-hydrogen) atoms. The molecule has 0 aromatic heterocycles. The van der Waals surface area contributed by atoms with E-state index in [1.165, 1.54) is 5.57 Å². The van der Waals surface area contributed by atoms with Crippen LogP contribution in [0.2, 0.25) is 0 Å². The van der Waals surface area contributed by atoms with Crippen LogP contribution in [0.1, 0.15) is 40.0 Å². The molecule has 112 valence electrons. The molecule has 1 aliphatic carbocycles. The normalized spacial score (nSPS) is 24.7. The Labute approximate surface area is 112 Å². The highest BCUT2D eigenvalue weighted by Gasteiger charge is 2.41. The summed E-state index contributed by atoms with van der Waals surface area (Å²) in [6, 6.07) is 0. The smallest absolute Gasteiger partial charge is 0.302 e. The number of phosphoric ester groups is 1. The zero-order valence-corrected chi connectivity index (χ0v) is 12.9. The Bertz CT molecular complexity index is 451. The molecule has 2 atom stereocenters. The zero-order valence-electron chi connectivity index (χ0n) is 11.1. The summed E-state index contributed by atoms with van der Waals surface area (Å²) in [4.78, 5) is 26.5. The minimum atomic E-state index is -5.07. The predicted octanol–water partition coefficient (Wildman–Crippen LogP) is 2.74. The fourth-order valence-corrected chi connectivity index (χ4v) is 4.07. The molecule has 0 fully saturated rings. The predicted molar refractivity (Wildman–Crippen MR) is 69.2 cm³/mol. The fourth-order valence-electron chi connectivity index (χ4n) is 2.12. The summed E-state index contributed by atoms with van der Waals surface area (Å²) in [5.74, 6) is -0.0166. The second-order valence-electron chi connectivity index (χ2n) is 5.26. The number of hydrogen-bond donors (Lipinski definition) is 3. The van der Waals surface area contributed by atoms with Crippen LogP contribution < -0.4 is 0 Å². The van der Waals surface area contributed by atoms with E-state index in [1.54, 1.807) is 13.8 Å². The fraction of sp³-hybridized carbons (Fsp3) is 0.800. The molecule has 0 aromatic carbocycles. The van der Waals surface area contributed by atoms with Gasteiger partial charge < -0.3 is 14.7 Å². The van der Waals surface area contributed by atoms with Crippen molar-refractivity contribution in [2.75, 3.05) is 0 Å². The second-order valence-corrected chi connectivity index (χ2v) is 8.01. The van der Waals surface area contributed by atoms with Gasteiger partial charge >= 0.3 is 15.6 Å². The van der Waals surface area contributed by atoms with E-state index in [1.807, 2.05) is 13.0 Å². The van der Waals surface area contributed by atoms with Crippen LogP contribution >= 0.6 is 15.6 Å². The highest BCUT2D eigenvalue weighted by molar-refractivity contribution is 7.60. The third kappa shape index (κ3) is 5.88. The van der Waals surface area contributed by atoms with Gasteiger partial charge in [0.25, 0.3) is 0 Å². The van der Waals surface area contributed by atoms with Gasteiger partial charge in [-0.1, -0.05) is 11.6 Å². The van der Waals surface area contributed by atoms with Gasteiger partial charge in [0.05, 0.1) is 5.60 Å². The Morgan fingerprint density at radius 3 is 2.32 bits per heavy atom. The van der Waals surface area contributed by atoms with Gasteiger partial charge in [-0.25, -0.2) is 9.13 Å². The van der Waals surface area contributed by atoms with Crippen LogP contribution in [0.3, 0.4) is 0 Å². The number of rotatable bonds is 5. The van der Waals surface area contributed by atoms with Gasteiger partial charge in [0, 0.05) is 0 Å². The topological polar surface area (TPSA) is 113 Å². The van der Waals surface area contributed by atoms with Gasteiger partial charge in [-0.05, 0) is 46.0 Å². The Morgan fingerprint density at radius 2 is 1.89 bits per heavy atom. The minimum absolute atomic E-state index is 0.0166. The first-order valence-electron chi connectivity index (χ1n) is 5.87. The first-order valence-corrected chi connectivity index (χ1v) is 8.90. The van der Waals surface area contributed by atoms with E-state index in [0.717, 1.165) is 12.8 Å². The minimum Gasteiger partial charge on any atom is -0.302 e. The van der Waals surface area contributed by atoms with Crippen molar-refractivity contribution in [2.24, 2.45) is 5.92 Å². The molecule has 0 radical (unpaired) electrons. The van der Waals surface area contributed by atoms with Gasteiger partial charge in [0.15, 0.2) is 0 Å². The Morgan fingerprint density at radius 1 is 1.32 bits per heavy atom. The van der Waals surface area contributed by atoms with Crippen molar-refractivity contribution in [3.8, 4) is 0 Å². The monoisotopic (exact) mass is 314 g/mol. The molecule has 0 spiro atoms. The SMILES string of the molecule is CC1=CCC(C(C)(C)OP(=O)(O)OP(=O)(O)O)CC1. The standard InChI is InChI=1S/C10H20O7P2/c1-8-4-6-9(7-5-8)10(2,3)16-19(14,15)17-18(11,12)13/h4,9H,5-7H2,1-3H3,(H,14,15)(H2,11,12,13). The van der Waals surface area contributed by atoms with E-state index in [0.29, 0.717) is 6.42 Å². The Kier molecular flexibility index (Phi) is 5.19. The molecular formula is C10H20O7P2. The van der Waals surface area contributed by atoms with Crippen LogP contribution in [0, 0.1) is 5.92 Å². The quantitative estimate of drug-likeness (QED) is 0.528. The second kappa shape index (κ2) is 5.78. The third-order valence-corrected chi connectivity index (χ3v) is 5.56. The van der Waals surface area contributed by atoms with Gasteiger partial charge in [0.1, 0.15) is 0 Å². The van der Waals surface area contributed by atoms with Crippen molar-refractivity contribution in [3.05, 3.63) is 11.6 Å². The lowest BCUT2D eigenvalue weighted by molar-refractivity contribution is 0.0102. The first-order chi connectivity index (χ1) is 8.41. The van der Waals surface area contributed by atoms with Gasteiger partial charge in [0.2, 0.25) is 0 Å². The summed E-state index contributed by atoms with van der Waals surface area (Å²) < 4.78 is 30.9. The molecule has 0 amide bonds. The number of phosphoric acid groups is 2. The van der Waals surface area contributed by atoms with Crippen LogP contribution in [0.25, 0.3) is 0 Å². The summed E-state index contributed by atoms with van der Waals surface area (Å²) in [6.45, 7) is 5.23.